The molecule has 1 N–H and O–H groups in total. The highest BCUT2D eigenvalue weighted by atomic mass is 16.5. The minimum Gasteiger partial charge on any atom is -0.451 e. The van der Waals surface area contributed by atoms with Crippen molar-refractivity contribution >= 4 is 22.7 Å². The number of hydrogen-bond acceptors (Lipinski definition) is 3. The van der Waals surface area contributed by atoms with Crippen molar-refractivity contribution in [3.05, 3.63) is 70.9 Å². The molecule has 3 aromatic rings. The number of aryl methyl sites for hydroxylation is 1. The van der Waals surface area contributed by atoms with Gasteiger partial charge in [-0.1, -0.05) is 30.3 Å². The normalized spacial score (nSPS) is 12.1. The third kappa shape index (κ3) is 2.83. The van der Waals surface area contributed by atoms with Gasteiger partial charge in [0.2, 0.25) is 5.78 Å². The van der Waals surface area contributed by atoms with Gasteiger partial charge in [-0.15, -0.1) is 0 Å². The number of hydrogen-bond donors (Lipinski definition) is 1. The highest BCUT2D eigenvalue weighted by molar-refractivity contribution is 6.10. The maximum atomic E-state index is 12.6. The summed E-state index contributed by atoms with van der Waals surface area (Å²) >= 11 is 0. The topological polar surface area (TPSA) is 59.2 Å². The molecular weight excluding hydrogens is 302 g/mol. The molecule has 0 aliphatic heterocycles. The molecule has 1 heterocycles. The number of carbonyl (C=O) groups excluding carboxylic acids is 2. The summed E-state index contributed by atoms with van der Waals surface area (Å²) < 4.78 is 5.40. The van der Waals surface area contributed by atoms with Gasteiger partial charge < -0.3 is 9.72 Å². The summed E-state index contributed by atoms with van der Waals surface area (Å²) in [6.07, 6.45) is 0.812. The summed E-state index contributed by atoms with van der Waals surface area (Å²) in [6.45, 7) is 5.41. The van der Waals surface area contributed by atoms with Crippen LogP contribution < -0.4 is 0 Å². The summed E-state index contributed by atoms with van der Waals surface area (Å²) in [6, 6.07) is 13.0. The predicted molar refractivity (Wildman–Crippen MR) is 93.4 cm³/mol. The molecule has 3 rings (SSSR count). The number of H-pyrrole nitrogens is 1. The first-order valence-corrected chi connectivity index (χ1v) is 7.86. The second-order valence-electron chi connectivity index (χ2n) is 5.91. The van der Waals surface area contributed by atoms with Crippen LogP contribution in [0.25, 0.3) is 10.9 Å². The summed E-state index contributed by atoms with van der Waals surface area (Å²) in [4.78, 5) is 28.1. The first kappa shape index (κ1) is 16.0. The third-order valence-electron chi connectivity index (χ3n) is 4.33. The summed E-state index contributed by atoms with van der Waals surface area (Å²) in [7, 11) is 0. The van der Waals surface area contributed by atoms with Gasteiger partial charge in [-0.25, -0.2) is 4.79 Å². The predicted octanol–water partition coefficient (Wildman–Crippen LogP) is 4.21. The number of aromatic amines is 1. The number of carbonyl (C=O) groups is 2. The SMILES string of the molecule is Cc1cccc(C(=O)O[C@@H](C)C(=O)c2c[nH]c3ccccc23)c1C. The number of ether oxygens (including phenoxy) is 1. The molecule has 4 nitrogen and oxygen atoms in total. The smallest absolute Gasteiger partial charge is 0.339 e. The second-order valence-corrected chi connectivity index (χ2v) is 5.91. The minimum absolute atomic E-state index is 0.217. The molecule has 0 fully saturated rings. The Labute approximate surface area is 140 Å². The number of para-hydroxylation sites is 1. The van der Waals surface area contributed by atoms with Crippen LogP contribution in [0.2, 0.25) is 0 Å². The van der Waals surface area contributed by atoms with Gasteiger partial charge in [-0.2, -0.15) is 0 Å². The van der Waals surface area contributed by atoms with Crippen LogP contribution in [-0.2, 0) is 4.74 Å². The van der Waals surface area contributed by atoms with Crippen LogP contribution in [0.4, 0.5) is 0 Å². The van der Waals surface area contributed by atoms with Gasteiger partial charge in [0.1, 0.15) is 0 Å². The zero-order chi connectivity index (χ0) is 17.3. The van der Waals surface area contributed by atoms with Gasteiger partial charge in [0.05, 0.1) is 5.56 Å². The molecule has 1 atom stereocenters. The Morgan fingerprint density at radius 1 is 1.00 bits per heavy atom. The first-order valence-electron chi connectivity index (χ1n) is 7.86. The molecule has 0 spiro atoms. The molecule has 0 saturated carbocycles. The van der Waals surface area contributed by atoms with E-state index < -0.39 is 12.1 Å². The Kier molecular flexibility index (Phi) is 4.21. The van der Waals surface area contributed by atoms with Crippen molar-refractivity contribution in [2.24, 2.45) is 0 Å². The standard InChI is InChI=1S/C20H19NO3/c1-12-7-6-9-15(13(12)2)20(23)24-14(3)19(22)17-11-21-18-10-5-4-8-16(17)18/h4-11,14,21H,1-3H3/t14-/m0/s1. The molecule has 0 aliphatic carbocycles. The minimum atomic E-state index is -0.850. The number of esters is 1. The molecule has 0 radical (unpaired) electrons. The van der Waals surface area contributed by atoms with E-state index in [9.17, 15) is 9.59 Å². The maximum absolute atomic E-state index is 12.6. The van der Waals surface area contributed by atoms with Gasteiger partial charge in [-0.05, 0) is 44.0 Å². The van der Waals surface area contributed by atoms with Crippen molar-refractivity contribution in [3.63, 3.8) is 0 Å². The fourth-order valence-corrected chi connectivity index (χ4v) is 2.74. The highest BCUT2D eigenvalue weighted by Gasteiger charge is 2.23. The number of Topliss-reactive ketones (excluding diaryl/α,β-unsaturated/α-hetero) is 1. The van der Waals surface area contributed by atoms with Gasteiger partial charge >= 0.3 is 5.97 Å². The Balaban J connectivity index is 1.81. The number of benzene rings is 2. The van der Waals surface area contributed by atoms with E-state index >= 15 is 0 Å². The molecule has 0 aliphatic rings. The van der Waals surface area contributed by atoms with E-state index in [2.05, 4.69) is 4.98 Å². The molecular formula is C20H19NO3. The van der Waals surface area contributed by atoms with E-state index in [1.165, 1.54) is 0 Å². The van der Waals surface area contributed by atoms with Crippen LogP contribution in [0, 0.1) is 13.8 Å². The lowest BCUT2D eigenvalue weighted by atomic mass is 10.0. The molecule has 122 valence electrons. The Hall–Kier alpha value is -2.88. The molecule has 1 aromatic heterocycles. The van der Waals surface area contributed by atoms with E-state index in [4.69, 9.17) is 4.74 Å². The van der Waals surface area contributed by atoms with E-state index in [-0.39, 0.29) is 5.78 Å². The molecule has 0 amide bonds. The van der Waals surface area contributed by atoms with E-state index in [1.807, 2.05) is 50.2 Å². The van der Waals surface area contributed by atoms with Crippen molar-refractivity contribution in [2.45, 2.75) is 26.9 Å². The lowest BCUT2D eigenvalue weighted by Crippen LogP contribution is -2.24. The zero-order valence-corrected chi connectivity index (χ0v) is 13.9. The first-order chi connectivity index (χ1) is 11.5. The van der Waals surface area contributed by atoms with Gasteiger partial charge in [0.25, 0.3) is 0 Å². The third-order valence-corrected chi connectivity index (χ3v) is 4.33. The number of rotatable bonds is 4. The largest absolute Gasteiger partial charge is 0.451 e. The van der Waals surface area contributed by atoms with Crippen LogP contribution in [0.5, 0.6) is 0 Å². The fraction of sp³-hybridized carbons (Fsp3) is 0.200. The Bertz CT molecular complexity index is 924. The molecule has 0 unspecified atom stereocenters. The van der Waals surface area contributed by atoms with Crippen LogP contribution in [-0.4, -0.2) is 22.8 Å². The van der Waals surface area contributed by atoms with Gasteiger partial charge in [0, 0.05) is 22.7 Å². The quantitative estimate of drug-likeness (QED) is 0.578. The summed E-state index contributed by atoms with van der Waals surface area (Å²) in [5.74, 6) is -0.692. The molecule has 0 bridgehead atoms. The average Bonchev–Trinajstić information content (AvgIpc) is 3.00. The summed E-state index contributed by atoms with van der Waals surface area (Å²) in [5, 5.41) is 0.831. The van der Waals surface area contributed by atoms with Crippen LogP contribution in [0.15, 0.2) is 48.7 Å². The number of nitrogens with one attached hydrogen (secondary N) is 1. The molecule has 2 aromatic carbocycles. The van der Waals surface area contributed by atoms with E-state index in [0.29, 0.717) is 11.1 Å². The van der Waals surface area contributed by atoms with Gasteiger partial charge in [0.15, 0.2) is 6.10 Å². The second kappa shape index (κ2) is 6.32. The van der Waals surface area contributed by atoms with Crippen molar-refractivity contribution in [1.82, 2.24) is 4.98 Å². The van der Waals surface area contributed by atoms with E-state index in [0.717, 1.165) is 22.0 Å². The lowest BCUT2D eigenvalue weighted by Gasteiger charge is -2.14. The molecule has 24 heavy (non-hydrogen) atoms. The summed E-state index contributed by atoms with van der Waals surface area (Å²) in [5.41, 5.74) is 3.80. The van der Waals surface area contributed by atoms with Crippen molar-refractivity contribution in [3.8, 4) is 0 Å². The van der Waals surface area contributed by atoms with Crippen LogP contribution in [0.3, 0.4) is 0 Å². The zero-order valence-electron chi connectivity index (χ0n) is 13.9. The average molecular weight is 321 g/mol. The van der Waals surface area contributed by atoms with Crippen LogP contribution in [0.1, 0.15) is 38.8 Å². The number of fused-ring (bicyclic) bond motifs is 1. The highest BCUT2D eigenvalue weighted by Crippen LogP contribution is 2.21. The Morgan fingerprint density at radius 3 is 2.54 bits per heavy atom. The van der Waals surface area contributed by atoms with E-state index in [1.54, 1.807) is 19.2 Å². The lowest BCUT2D eigenvalue weighted by molar-refractivity contribution is 0.0318. The number of ketones is 1. The van der Waals surface area contributed by atoms with Crippen molar-refractivity contribution in [2.75, 3.05) is 0 Å². The van der Waals surface area contributed by atoms with Crippen LogP contribution >= 0.6 is 0 Å². The molecule has 0 saturated heterocycles. The monoisotopic (exact) mass is 321 g/mol. The van der Waals surface area contributed by atoms with Crippen molar-refractivity contribution < 1.29 is 14.3 Å². The van der Waals surface area contributed by atoms with Crippen molar-refractivity contribution in [1.29, 1.82) is 0 Å². The molecule has 4 heteroatoms. The fourth-order valence-electron chi connectivity index (χ4n) is 2.74. The van der Waals surface area contributed by atoms with Gasteiger partial charge in [-0.3, -0.25) is 4.79 Å². The maximum Gasteiger partial charge on any atom is 0.339 e. The Morgan fingerprint density at radius 2 is 1.75 bits per heavy atom. The number of aromatic nitrogens is 1.